The van der Waals surface area contributed by atoms with E-state index in [0.29, 0.717) is 0 Å². The molecule has 0 saturated heterocycles. The molecule has 0 atom stereocenters. The van der Waals surface area contributed by atoms with Gasteiger partial charge in [0.2, 0.25) is 5.91 Å². The van der Waals surface area contributed by atoms with Crippen LogP contribution in [-0.2, 0) is 10.2 Å². The number of nitrogens with zero attached hydrogens (tertiary/aromatic N) is 1. The third kappa shape index (κ3) is 2.48. The number of carbonyl (C=O) groups is 1. The third-order valence-corrected chi connectivity index (χ3v) is 4.75. The lowest BCUT2D eigenvalue weighted by Gasteiger charge is -2.15. The second kappa shape index (κ2) is 5.48. The quantitative estimate of drug-likeness (QED) is 0.762. The number of fused-ring (bicyclic) bond motifs is 1. The molecular weight excluding hydrogens is 314 g/mol. The molecule has 0 fully saturated rings. The van der Waals surface area contributed by atoms with E-state index >= 15 is 0 Å². The number of amides is 1. The molecule has 4 rings (SSSR count). The second-order valence-electron chi connectivity index (χ2n) is 6.70. The maximum absolute atomic E-state index is 12.1. The Balaban J connectivity index is 1.69. The summed E-state index contributed by atoms with van der Waals surface area (Å²) in [7, 11) is 1.65. The minimum absolute atomic E-state index is 0.0283. The van der Waals surface area contributed by atoms with E-state index in [-0.39, 0.29) is 5.91 Å². The summed E-state index contributed by atoms with van der Waals surface area (Å²) in [5, 5.41) is 2.93. The van der Waals surface area contributed by atoms with Crippen molar-refractivity contribution >= 4 is 11.6 Å². The van der Waals surface area contributed by atoms with Crippen LogP contribution >= 0.6 is 0 Å². The van der Waals surface area contributed by atoms with Crippen LogP contribution in [-0.4, -0.2) is 23.0 Å². The normalized spacial score (nSPS) is 14.9. The molecule has 0 spiro atoms. The second-order valence-corrected chi connectivity index (χ2v) is 6.70. The molecule has 3 aromatic rings. The van der Waals surface area contributed by atoms with Crippen LogP contribution in [0.25, 0.3) is 22.6 Å². The van der Waals surface area contributed by atoms with E-state index in [4.69, 9.17) is 9.72 Å². The Morgan fingerprint density at radius 3 is 2.48 bits per heavy atom. The SMILES string of the molecule is COc1ccc(-c2nc(-c3ccc4c(c3)C(C)(C)C(=O)N4)c[nH]2)cc1. The van der Waals surface area contributed by atoms with Gasteiger partial charge in [0.1, 0.15) is 11.6 Å². The highest BCUT2D eigenvalue weighted by Crippen LogP contribution is 2.39. The van der Waals surface area contributed by atoms with Crippen molar-refractivity contribution in [3.8, 4) is 28.4 Å². The summed E-state index contributed by atoms with van der Waals surface area (Å²) in [6.07, 6.45) is 1.89. The predicted octanol–water partition coefficient (Wildman–Crippen LogP) is 3.98. The van der Waals surface area contributed by atoms with Crippen LogP contribution in [0.5, 0.6) is 5.75 Å². The van der Waals surface area contributed by atoms with E-state index in [1.54, 1.807) is 7.11 Å². The Morgan fingerprint density at radius 2 is 1.76 bits per heavy atom. The summed E-state index contributed by atoms with van der Waals surface area (Å²) in [5.74, 6) is 1.64. The molecule has 1 aliphatic heterocycles. The number of aromatic amines is 1. The summed E-state index contributed by atoms with van der Waals surface area (Å²) >= 11 is 0. The molecule has 1 aliphatic rings. The van der Waals surface area contributed by atoms with Crippen molar-refractivity contribution in [3.63, 3.8) is 0 Å². The molecule has 1 amide bonds. The summed E-state index contributed by atoms with van der Waals surface area (Å²) in [5.41, 5.74) is 4.18. The first-order valence-electron chi connectivity index (χ1n) is 8.15. The van der Waals surface area contributed by atoms with Crippen molar-refractivity contribution in [1.82, 2.24) is 9.97 Å². The first kappa shape index (κ1) is 15.4. The van der Waals surface area contributed by atoms with E-state index in [1.165, 1.54) is 0 Å². The number of hydrogen-bond acceptors (Lipinski definition) is 3. The third-order valence-electron chi connectivity index (χ3n) is 4.75. The lowest BCUT2D eigenvalue weighted by Crippen LogP contribution is -2.26. The van der Waals surface area contributed by atoms with Gasteiger partial charge in [-0.25, -0.2) is 4.98 Å². The van der Waals surface area contributed by atoms with E-state index < -0.39 is 5.41 Å². The van der Waals surface area contributed by atoms with Crippen LogP contribution in [0, 0.1) is 0 Å². The molecule has 5 nitrogen and oxygen atoms in total. The number of anilines is 1. The van der Waals surface area contributed by atoms with Gasteiger partial charge in [-0.2, -0.15) is 0 Å². The van der Waals surface area contributed by atoms with Crippen LogP contribution in [0.2, 0.25) is 0 Å². The maximum atomic E-state index is 12.1. The number of nitrogens with one attached hydrogen (secondary N) is 2. The Morgan fingerprint density at radius 1 is 1.04 bits per heavy atom. The summed E-state index contributed by atoms with van der Waals surface area (Å²) in [6, 6.07) is 13.7. The lowest BCUT2D eigenvalue weighted by atomic mass is 9.85. The zero-order valence-electron chi connectivity index (χ0n) is 14.4. The summed E-state index contributed by atoms with van der Waals surface area (Å²) in [4.78, 5) is 20.0. The van der Waals surface area contributed by atoms with Gasteiger partial charge in [0.15, 0.2) is 0 Å². The van der Waals surface area contributed by atoms with E-state index in [2.05, 4.69) is 10.3 Å². The number of hydrogen-bond donors (Lipinski definition) is 2. The van der Waals surface area contributed by atoms with Crippen molar-refractivity contribution in [2.24, 2.45) is 0 Å². The number of carbonyl (C=O) groups excluding carboxylic acids is 1. The summed E-state index contributed by atoms with van der Waals surface area (Å²) < 4.78 is 5.19. The molecule has 126 valence electrons. The van der Waals surface area contributed by atoms with E-state index in [1.807, 2.05) is 62.5 Å². The van der Waals surface area contributed by atoms with Gasteiger partial charge in [-0.05, 0) is 55.8 Å². The molecule has 2 aromatic carbocycles. The molecule has 0 saturated carbocycles. The molecule has 2 heterocycles. The first-order valence-corrected chi connectivity index (χ1v) is 8.15. The van der Waals surface area contributed by atoms with Crippen LogP contribution in [0.15, 0.2) is 48.7 Å². The Hall–Kier alpha value is -3.08. The molecule has 25 heavy (non-hydrogen) atoms. The van der Waals surface area contributed by atoms with Crippen LogP contribution < -0.4 is 10.1 Å². The molecule has 1 aromatic heterocycles. The van der Waals surface area contributed by atoms with Gasteiger partial charge < -0.3 is 15.0 Å². The zero-order valence-corrected chi connectivity index (χ0v) is 14.4. The monoisotopic (exact) mass is 333 g/mol. The minimum Gasteiger partial charge on any atom is -0.497 e. The molecule has 5 heteroatoms. The number of benzene rings is 2. The van der Waals surface area contributed by atoms with Gasteiger partial charge in [0.25, 0.3) is 0 Å². The number of methoxy groups -OCH3 is 1. The number of imidazole rings is 1. The van der Waals surface area contributed by atoms with Crippen molar-refractivity contribution in [1.29, 1.82) is 0 Å². The van der Waals surface area contributed by atoms with Crippen molar-refractivity contribution in [2.75, 3.05) is 12.4 Å². The highest BCUT2D eigenvalue weighted by atomic mass is 16.5. The van der Waals surface area contributed by atoms with Gasteiger partial charge in [0.05, 0.1) is 18.2 Å². The number of rotatable bonds is 3. The van der Waals surface area contributed by atoms with Gasteiger partial charge in [-0.1, -0.05) is 6.07 Å². The molecule has 0 bridgehead atoms. The van der Waals surface area contributed by atoms with Gasteiger partial charge in [-0.15, -0.1) is 0 Å². The molecule has 0 radical (unpaired) electrons. The number of ether oxygens (including phenoxy) is 1. The molecule has 0 unspecified atom stereocenters. The largest absolute Gasteiger partial charge is 0.497 e. The minimum atomic E-state index is -0.527. The zero-order chi connectivity index (χ0) is 17.6. The van der Waals surface area contributed by atoms with Crippen LogP contribution in [0.1, 0.15) is 19.4 Å². The topological polar surface area (TPSA) is 67.0 Å². The average Bonchev–Trinajstić information content (AvgIpc) is 3.19. The number of aromatic nitrogens is 2. The van der Waals surface area contributed by atoms with Gasteiger partial charge in [-0.3, -0.25) is 4.79 Å². The highest BCUT2D eigenvalue weighted by Gasteiger charge is 2.38. The fraction of sp³-hybridized carbons (Fsp3) is 0.200. The molecular formula is C20H19N3O2. The fourth-order valence-corrected chi connectivity index (χ4v) is 3.10. The van der Waals surface area contributed by atoms with Crippen molar-refractivity contribution in [2.45, 2.75) is 19.3 Å². The predicted molar refractivity (Wildman–Crippen MR) is 97.7 cm³/mol. The molecule has 0 aliphatic carbocycles. The van der Waals surface area contributed by atoms with Gasteiger partial charge >= 0.3 is 0 Å². The molecule has 2 N–H and O–H groups in total. The smallest absolute Gasteiger partial charge is 0.234 e. The van der Waals surface area contributed by atoms with Crippen LogP contribution in [0.3, 0.4) is 0 Å². The van der Waals surface area contributed by atoms with Crippen molar-refractivity contribution in [3.05, 3.63) is 54.2 Å². The standard InChI is InChI=1S/C20H19N3O2/c1-20(2)15-10-13(6-9-16(15)23-19(20)24)17-11-21-18(22-17)12-4-7-14(25-3)8-5-12/h4-11H,1-3H3,(H,21,22)(H,23,24). The lowest BCUT2D eigenvalue weighted by molar-refractivity contribution is -0.119. The average molecular weight is 333 g/mol. The Kier molecular flexibility index (Phi) is 3.39. The fourth-order valence-electron chi connectivity index (χ4n) is 3.10. The highest BCUT2D eigenvalue weighted by molar-refractivity contribution is 6.06. The van der Waals surface area contributed by atoms with Gasteiger partial charge in [0, 0.05) is 23.0 Å². The van der Waals surface area contributed by atoms with E-state index in [0.717, 1.165) is 39.6 Å². The first-order chi connectivity index (χ1) is 12.0. The van der Waals surface area contributed by atoms with Crippen LogP contribution in [0.4, 0.5) is 5.69 Å². The van der Waals surface area contributed by atoms with Crippen molar-refractivity contribution < 1.29 is 9.53 Å². The Bertz CT molecular complexity index is 955. The number of H-pyrrole nitrogens is 1. The van der Waals surface area contributed by atoms with E-state index in [9.17, 15) is 4.79 Å². The Labute approximate surface area is 146 Å². The maximum Gasteiger partial charge on any atom is 0.234 e. The summed E-state index contributed by atoms with van der Waals surface area (Å²) in [6.45, 7) is 3.87.